The molecule has 4 aliphatic rings. The number of benzene rings is 3. The van der Waals surface area contributed by atoms with E-state index in [1.807, 2.05) is 73.1 Å². The first-order valence-electron chi connectivity index (χ1n) is 46.2. The van der Waals surface area contributed by atoms with Crippen LogP contribution in [0.25, 0.3) is 44.1 Å². The molecule has 812 valence electrons. The molecular weight excluding hydrogens is 2080 g/mol. The summed E-state index contributed by atoms with van der Waals surface area (Å²) in [6, 6.07) is 13.5. The van der Waals surface area contributed by atoms with Gasteiger partial charge in [-0.05, 0) is 82.8 Å². The van der Waals surface area contributed by atoms with Gasteiger partial charge in [-0.15, -0.1) is 11.6 Å². The van der Waals surface area contributed by atoms with Crippen LogP contribution < -0.4 is 25.7 Å². The zero-order valence-corrected chi connectivity index (χ0v) is 89.7. The fourth-order valence-electron chi connectivity index (χ4n) is 17.5. The summed E-state index contributed by atoms with van der Waals surface area (Å²) in [5, 5.41) is 88.6. The third-order valence-electron chi connectivity index (χ3n) is 25.4. The summed E-state index contributed by atoms with van der Waals surface area (Å²) in [7, 11) is -14.2. The summed E-state index contributed by atoms with van der Waals surface area (Å²) >= 11 is 18.9. The number of fused-ring (bicyclic) bond motifs is 4. The van der Waals surface area contributed by atoms with Crippen molar-refractivity contribution < 1.29 is 139 Å². The van der Waals surface area contributed by atoms with Gasteiger partial charge in [-0.1, -0.05) is 121 Å². The number of rotatable bonds is 35. The lowest BCUT2D eigenvalue weighted by molar-refractivity contribution is -0.386. The minimum absolute atomic E-state index is 0. The van der Waals surface area contributed by atoms with E-state index in [9.17, 15) is 79.4 Å². The highest BCUT2D eigenvalue weighted by Crippen LogP contribution is 2.67. The molecule has 0 bridgehead atoms. The Balaban J connectivity index is 0.000000190. The van der Waals surface area contributed by atoms with Crippen molar-refractivity contribution in [3.63, 3.8) is 0 Å². The number of aliphatic hydroxyl groups excluding tert-OH is 5. The highest BCUT2D eigenvalue weighted by molar-refractivity contribution is 7.66. The predicted molar refractivity (Wildman–Crippen MR) is 544 cm³/mol. The number of nitrogens with two attached hydrogens (primary N) is 2. The van der Waals surface area contributed by atoms with Gasteiger partial charge in [0, 0.05) is 91.2 Å². The number of aliphatic hydroxyl groups is 5. The van der Waals surface area contributed by atoms with Crippen molar-refractivity contribution in [3.05, 3.63) is 184 Å². The zero-order chi connectivity index (χ0) is 108. The number of hydrogen-bond acceptors (Lipinski definition) is 38. The Hall–Kier alpha value is -9.68. The second-order valence-corrected chi connectivity index (χ2v) is 50.1. The van der Waals surface area contributed by atoms with E-state index in [1.54, 1.807) is 52.0 Å². The van der Waals surface area contributed by atoms with Crippen molar-refractivity contribution in [2.45, 2.75) is 265 Å². The van der Waals surface area contributed by atoms with Gasteiger partial charge in [0.15, 0.2) is 8.32 Å². The molecule has 11 aromatic rings. The van der Waals surface area contributed by atoms with E-state index >= 15 is 0 Å². The van der Waals surface area contributed by atoms with Crippen molar-refractivity contribution in [2.24, 2.45) is 16.2 Å². The number of nitrogens with zero attached hydrogens (tertiary/aromatic N) is 15. The topological polar surface area (TPSA) is 667 Å². The van der Waals surface area contributed by atoms with Crippen LogP contribution in [0.15, 0.2) is 105 Å². The average Bonchev–Trinajstić information content (AvgIpc) is 1.64. The maximum atomic E-state index is 12.2. The van der Waals surface area contributed by atoms with Crippen LogP contribution in [0.1, 0.15) is 212 Å². The molecule has 0 amide bonds. The number of methoxy groups -OCH3 is 3. The van der Waals surface area contributed by atoms with Crippen LogP contribution in [0.5, 0.6) is 17.2 Å². The first-order valence-corrected chi connectivity index (χ1v) is 54.9. The number of nitro benzene ring substituents is 3. The van der Waals surface area contributed by atoms with E-state index in [2.05, 4.69) is 93.8 Å². The van der Waals surface area contributed by atoms with E-state index < -0.39 is 143 Å². The fourth-order valence-corrected chi connectivity index (χ4v) is 22.6. The summed E-state index contributed by atoms with van der Waals surface area (Å²) in [5.74, 6) is 2.02. The lowest BCUT2D eigenvalue weighted by Crippen LogP contribution is -2.45. The number of nitro groups is 3. The van der Waals surface area contributed by atoms with Gasteiger partial charge < -0.3 is 127 Å². The molecule has 0 saturated carbocycles. The molecular formula is C92H127Cl3N17O32P3Si. The number of halogens is 3. The molecule has 4 fully saturated rings. The van der Waals surface area contributed by atoms with Crippen molar-refractivity contribution in [3.8, 4) is 17.2 Å². The van der Waals surface area contributed by atoms with Crippen LogP contribution in [0.3, 0.4) is 0 Å². The molecule has 4 aliphatic heterocycles. The van der Waals surface area contributed by atoms with Gasteiger partial charge in [0.1, 0.15) is 130 Å². The number of phosphoric ester groups is 1. The van der Waals surface area contributed by atoms with Crippen molar-refractivity contribution in [1.82, 2.24) is 58.1 Å². The third-order valence-corrected chi connectivity index (χ3v) is 34.6. The van der Waals surface area contributed by atoms with Crippen LogP contribution >= 0.6 is 58.3 Å². The average molecular weight is 2210 g/mol. The molecule has 8 aromatic heterocycles. The van der Waals surface area contributed by atoms with E-state index in [0.717, 1.165) is 29.4 Å². The summed E-state index contributed by atoms with van der Waals surface area (Å²) in [6.07, 6.45) is 4.59. The summed E-state index contributed by atoms with van der Waals surface area (Å²) in [5.41, 5.74) is 16.2. The molecule has 148 heavy (non-hydrogen) atoms. The number of alkyl halides is 1. The lowest BCUT2D eigenvalue weighted by atomic mass is 9.83. The largest absolute Gasteiger partial charge is 0.497 e. The van der Waals surface area contributed by atoms with Gasteiger partial charge in [0.25, 0.3) is 17.1 Å². The number of nitrogen functional groups attached to an aromatic ring is 2. The van der Waals surface area contributed by atoms with E-state index in [1.165, 1.54) is 81.5 Å². The zero-order valence-electron chi connectivity index (χ0n) is 83.7. The highest BCUT2D eigenvalue weighted by Gasteiger charge is 2.49. The molecule has 17 atom stereocenters. The lowest BCUT2D eigenvalue weighted by Gasteiger charge is -2.39. The molecule has 56 heteroatoms. The summed E-state index contributed by atoms with van der Waals surface area (Å²) < 4.78 is 119. The first kappa shape index (κ1) is 119. The van der Waals surface area contributed by atoms with Gasteiger partial charge in [0.2, 0.25) is 0 Å². The molecule has 49 nitrogen and oxygen atoms in total. The Bertz CT molecular complexity index is 6500. The SMILES string of the molecule is C.CC[C@H]1O[C@@H](n2cc(CCl)c3c(Cl)ncnc32)CC1O[Si](C)(C)C(C)(C)C.COc1ccc([N+](=O)[O-])c([C@@H](OCc2cn([C@H]3CC(O)[C@@H](CO)O3)c3ncnc(Cl)c23)C(C)(C)C)c1.COc1ccc([N+](=O)[O-])c([C@@H](OCc2cn([C@H]3CC(O)[C@@H](CO)O3)c3ncnc(N)c23)C(C)(C)C)c1.COc1ccc([N+](=O)[O-])c([C@@H](OCc2cn([C@H]3CC(O)[C@@H](COP(=O)(O)OP(=O)(O)OP(=O)(O)O)O3)c3ncnc(N)c23)C(C)(C)C)c1. The van der Waals surface area contributed by atoms with Crippen LogP contribution in [0.2, 0.25) is 28.4 Å². The fraction of sp³-hybridized carbons (Fsp3) is 0.543. The molecule has 15 rings (SSSR count). The third kappa shape index (κ3) is 27.7. The summed E-state index contributed by atoms with van der Waals surface area (Å²) in [6.45, 7) is 29.1. The number of ether oxygens (including phenoxy) is 10. The van der Waals surface area contributed by atoms with Crippen LogP contribution in [0.4, 0.5) is 28.7 Å². The Morgan fingerprint density at radius 2 is 0.797 bits per heavy atom. The number of anilines is 2. The minimum atomic E-state index is -5.74. The van der Waals surface area contributed by atoms with Crippen molar-refractivity contribution >= 4 is 139 Å². The van der Waals surface area contributed by atoms with Gasteiger partial charge >= 0.3 is 23.5 Å². The standard InChI is InChI=1S/C24H29ClN4O7.C24H34N5O16P3.C24H31N5O7.C19H29Cl2N3O2Si.CH4/c1-24(2,3)21(15-7-14(34-4)5-6-16(15)29(32)33)35-11-13-9-28(19-8-17(31)18(10-30)36-19)23-20(13)22(25)26-12-27-23;1-24(2,3)21(15-7-14(40-4)5-6-16(15)29(31)32)41-10-13-9-28(23-20(13)22(25)26-12-27-23)19-8-17(30)18(43-19)11-42-47(36,37)45-48(38,39)44-46(33,34)35;1-24(2,3)21(15-7-14(34-4)5-6-16(15)29(32)33)35-11-13-9-28(19-8-17(31)18(10-30)36-19)23-20(13)22(25)26-12-27-23;1-7-13-14(26-27(5,6)19(2,3)4)8-15(25-13)24-10-12(9-20)16-17(21)22-11-23-18(16)24;/h5-7,9,12,17-19,21,30-31H,8,10-11H2,1-4H3;5-7,9,12,17-19,21,30H,8,10-11H2,1-4H3,(H,36,37)(H,38,39)(H2,25,26,27)(H2,33,34,35);5-7,9,12,17-19,21,30-31H,8,10-11H2,1-4H3,(H2,25,26,27);10-11,13-15H,7-9H2,1-6H3;1H4/t3*17?,18-,19-,21-;13-,14?,15-;/m1111./s1. The quantitative estimate of drug-likeness (QED) is 0.00439. The van der Waals surface area contributed by atoms with Crippen LogP contribution in [0, 0.1) is 46.6 Å². The molecule has 13 N–H and O–H groups in total. The number of phosphoric acid groups is 3. The number of hydrogen-bond donors (Lipinski definition) is 11. The smallest absolute Gasteiger partial charge is 0.490 e. The molecule has 0 aliphatic carbocycles. The highest BCUT2D eigenvalue weighted by atomic mass is 35.5. The Morgan fingerprint density at radius 1 is 0.480 bits per heavy atom. The second-order valence-electron chi connectivity index (χ2n) is 40.0. The van der Waals surface area contributed by atoms with E-state index in [0.29, 0.717) is 83.6 Å². The van der Waals surface area contributed by atoms with Crippen LogP contribution in [-0.2, 0) is 90.1 Å². The monoisotopic (exact) mass is 2210 g/mol. The molecule has 3 aromatic carbocycles. The van der Waals surface area contributed by atoms with Crippen molar-refractivity contribution in [1.29, 1.82) is 0 Å². The van der Waals surface area contributed by atoms with E-state index in [4.69, 9.17) is 108 Å². The Labute approximate surface area is 867 Å². The van der Waals surface area contributed by atoms with Crippen LogP contribution in [-0.4, -0.2) is 216 Å². The molecule has 0 spiro atoms. The second kappa shape index (κ2) is 48.1. The molecule has 6 unspecified atom stereocenters. The maximum absolute atomic E-state index is 12.2. The van der Waals surface area contributed by atoms with Gasteiger partial charge in [-0.25, -0.2) is 53.6 Å². The molecule has 0 radical (unpaired) electrons. The minimum Gasteiger partial charge on any atom is -0.497 e. The Morgan fingerprint density at radius 3 is 1.11 bits per heavy atom. The number of aromatic nitrogens is 12. The molecule has 4 saturated heterocycles. The van der Waals surface area contributed by atoms with Gasteiger partial charge in [-0.2, -0.15) is 8.62 Å². The van der Waals surface area contributed by atoms with Gasteiger partial charge in [-0.3, -0.25) is 34.9 Å². The summed E-state index contributed by atoms with van der Waals surface area (Å²) in [4.78, 5) is 104. The van der Waals surface area contributed by atoms with E-state index in [-0.39, 0.29) is 128 Å². The Kier molecular flexibility index (Phi) is 38.5. The maximum Gasteiger partial charge on any atom is 0.490 e. The molecule has 12 heterocycles. The van der Waals surface area contributed by atoms with Crippen molar-refractivity contribution in [2.75, 3.05) is 52.6 Å². The first-order chi connectivity index (χ1) is 68.8. The predicted octanol–water partition coefficient (Wildman–Crippen LogP) is 16.6. The normalized spacial score (nSPS) is 21.8. The van der Waals surface area contributed by atoms with Gasteiger partial charge in [0.05, 0.1) is 163 Å².